The number of hydrogen-bond donors (Lipinski definition) is 0. The van der Waals surface area contributed by atoms with E-state index in [-0.39, 0.29) is 11.0 Å². The Balaban J connectivity index is 2.88. The molecule has 1 aromatic carbocycles. The first kappa shape index (κ1) is 10.9. The van der Waals surface area contributed by atoms with Gasteiger partial charge in [-0.2, -0.15) is 0 Å². The molecule has 16 heavy (non-hydrogen) atoms. The van der Waals surface area contributed by atoms with Crippen LogP contribution in [0.25, 0.3) is 11.0 Å². The molecule has 0 aliphatic heterocycles. The average molecular weight is 216 g/mol. The zero-order valence-corrected chi connectivity index (χ0v) is 10.1. The summed E-state index contributed by atoms with van der Waals surface area (Å²) >= 11 is 0. The highest BCUT2D eigenvalue weighted by Crippen LogP contribution is 2.29. The summed E-state index contributed by atoms with van der Waals surface area (Å²) in [4.78, 5) is 11.5. The van der Waals surface area contributed by atoms with Gasteiger partial charge in [0.05, 0.1) is 0 Å². The van der Waals surface area contributed by atoms with Crippen LogP contribution < -0.4 is 5.63 Å². The molecule has 0 aliphatic rings. The Bertz CT molecular complexity index is 586. The molecule has 0 saturated heterocycles. The molecule has 1 aromatic heterocycles. The van der Waals surface area contributed by atoms with Gasteiger partial charge < -0.3 is 4.42 Å². The van der Waals surface area contributed by atoms with Crippen molar-refractivity contribution in [3.8, 4) is 0 Å². The molecule has 0 radical (unpaired) electrons. The van der Waals surface area contributed by atoms with E-state index in [4.69, 9.17) is 4.42 Å². The van der Waals surface area contributed by atoms with E-state index in [2.05, 4.69) is 20.8 Å². The van der Waals surface area contributed by atoms with Gasteiger partial charge in [-0.25, -0.2) is 4.79 Å². The lowest BCUT2D eigenvalue weighted by atomic mass is 9.86. The molecule has 1 heterocycles. The number of hydrogen-bond acceptors (Lipinski definition) is 2. The summed E-state index contributed by atoms with van der Waals surface area (Å²) in [7, 11) is 0. The van der Waals surface area contributed by atoms with Gasteiger partial charge in [-0.3, -0.25) is 0 Å². The lowest BCUT2D eigenvalue weighted by Gasteiger charge is -2.19. The molecule has 0 amide bonds. The van der Waals surface area contributed by atoms with Gasteiger partial charge in [0.2, 0.25) is 0 Å². The maximum Gasteiger partial charge on any atom is 0.339 e. The van der Waals surface area contributed by atoms with Crippen molar-refractivity contribution in [2.24, 2.45) is 0 Å². The van der Waals surface area contributed by atoms with Crippen LogP contribution in [0.4, 0.5) is 0 Å². The van der Waals surface area contributed by atoms with Crippen molar-refractivity contribution in [1.29, 1.82) is 0 Å². The maximum absolute atomic E-state index is 11.5. The van der Waals surface area contributed by atoms with E-state index >= 15 is 0 Å². The van der Waals surface area contributed by atoms with Crippen LogP contribution in [0.2, 0.25) is 0 Å². The molecule has 2 aromatic rings. The first-order chi connectivity index (χ1) is 7.39. The Morgan fingerprint density at radius 2 is 1.88 bits per heavy atom. The van der Waals surface area contributed by atoms with Gasteiger partial charge in [-0.05, 0) is 18.4 Å². The second-order valence-corrected chi connectivity index (χ2v) is 5.19. The van der Waals surface area contributed by atoms with Gasteiger partial charge in [0.1, 0.15) is 5.58 Å². The Morgan fingerprint density at radius 1 is 1.19 bits per heavy atom. The lowest BCUT2D eigenvalue weighted by Crippen LogP contribution is -2.13. The Labute approximate surface area is 94.9 Å². The van der Waals surface area contributed by atoms with Gasteiger partial charge in [0.15, 0.2) is 0 Å². The van der Waals surface area contributed by atoms with Gasteiger partial charge in [0.25, 0.3) is 0 Å². The van der Waals surface area contributed by atoms with Crippen LogP contribution in [0.3, 0.4) is 0 Å². The zero-order chi connectivity index (χ0) is 11.9. The molecule has 0 atom stereocenters. The first-order valence-corrected chi connectivity index (χ1v) is 5.43. The molecule has 0 N–H and O–H groups in total. The van der Waals surface area contributed by atoms with E-state index in [1.807, 2.05) is 24.3 Å². The average Bonchev–Trinajstić information content (AvgIpc) is 2.17. The Hall–Kier alpha value is -1.57. The third-order valence-corrected chi connectivity index (χ3v) is 2.74. The van der Waals surface area contributed by atoms with Crippen LogP contribution in [-0.2, 0) is 5.41 Å². The van der Waals surface area contributed by atoms with E-state index in [1.54, 1.807) is 6.92 Å². The number of benzene rings is 1. The van der Waals surface area contributed by atoms with Crippen LogP contribution in [0.1, 0.15) is 31.9 Å². The fraction of sp³-hybridized carbons (Fsp3) is 0.357. The standard InChI is InChI=1S/C14H16O2/c1-9-8-10-6-5-7-11(14(2,3)4)12(10)16-13(9)15/h5-8H,1-4H3. The van der Waals surface area contributed by atoms with Crippen molar-refractivity contribution < 1.29 is 4.42 Å². The summed E-state index contributed by atoms with van der Waals surface area (Å²) in [6.07, 6.45) is 0. The molecular weight excluding hydrogens is 200 g/mol. The summed E-state index contributed by atoms with van der Waals surface area (Å²) < 4.78 is 5.39. The minimum atomic E-state index is -0.246. The molecule has 0 aliphatic carbocycles. The Kier molecular flexibility index (Phi) is 2.38. The van der Waals surface area contributed by atoms with Crippen LogP contribution in [-0.4, -0.2) is 0 Å². The van der Waals surface area contributed by atoms with E-state index in [9.17, 15) is 4.79 Å². The smallest absolute Gasteiger partial charge is 0.339 e. The maximum atomic E-state index is 11.5. The van der Waals surface area contributed by atoms with Crippen LogP contribution in [0.5, 0.6) is 0 Å². The molecular formula is C14H16O2. The topological polar surface area (TPSA) is 30.2 Å². The molecule has 2 heteroatoms. The SMILES string of the molecule is Cc1cc2cccc(C(C)(C)C)c2oc1=O. The third kappa shape index (κ3) is 1.75. The highest BCUT2D eigenvalue weighted by Gasteiger charge is 2.18. The first-order valence-electron chi connectivity index (χ1n) is 5.43. The minimum Gasteiger partial charge on any atom is -0.422 e. The van der Waals surface area contributed by atoms with E-state index in [0.29, 0.717) is 11.1 Å². The molecule has 0 fully saturated rings. The molecule has 0 bridgehead atoms. The summed E-state index contributed by atoms with van der Waals surface area (Å²) in [6, 6.07) is 7.87. The number of rotatable bonds is 0. The van der Waals surface area contributed by atoms with Crippen molar-refractivity contribution in [1.82, 2.24) is 0 Å². The Morgan fingerprint density at radius 3 is 2.50 bits per heavy atom. The highest BCUT2D eigenvalue weighted by molar-refractivity contribution is 5.81. The van der Waals surface area contributed by atoms with Crippen molar-refractivity contribution in [3.05, 3.63) is 45.8 Å². The summed E-state index contributed by atoms with van der Waals surface area (Å²) in [5, 5.41) is 0.990. The fourth-order valence-corrected chi connectivity index (χ4v) is 1.84. The predicted octanol–water partition coefficient (Wildman–Crippen LogP) is 3.40. The summed E-state index contributed by atoms with van der Waals surface area (Å²) in [6.45, 7) is 8.11. The largest absolute Gasteiger partial charge is 0.422 e. The van der Waals surface area contributed by atoms with Gasteiger partial charge >= 0.3 is 5.63 Å². The van der Waals surface area contributed by atoms with Gasteiger partial charge in [0, 0.05) is 16.5 Å². The molecule has 2 nitrogen and oxygen atoms in total. The lowest BCUT2D eigenvalue weighted by molar-refractivity contribution is 0.526. The second kappa shape index (κ2) is 3.48. The summed E-state index contributed by atoms with van der Waals surface area (Å²) in [5.74, 6) is 0. The molecule has 84 valence electrons. The third-order valence-electron chi connectivity index (χ3n) is 2.74. The van der Waals surface area contributed by atoms with Crippen LogP contribution >= 0.6 is 0 Å². The predicted molar refractivity (Wildman–Crippen MR) is 65.9 cm³/mol. The van der Waals surface area contributed by atoms with Crippen molar-refractivity contribution in [3.63, 3.8) is 0 Å². The van der Waals surface area contributed by atoms with E-state index in [0.717, 1.165) is 10.9 Å². The van der Waals surface area contributed by atoms with Crippen LogP contribution in [0.15, 0.2) is 33.5 Å². The van der Waals surface area contributed by atoms with Crippen molar-refractivity contribution in [2.75, 3.05) is 0 Å². The van der Waals surface area contributed by atoms with Crippen molar-refractivity contribution in [2.45, 2.75) is 33.1 Å². The second-order valence-electron chi connectivity index (χ2n) is 5.19. The van der Waals surface area contributed by atoms with E-state index < -0.39 is 0 Å². The monoisotopic (exact) mass is 216 g/mol. The number of para-hydroxylation sites is 1. The quantitative estimate of drug-likeness (QED) is 0.632. The number of fused-ring (bicyclic) bond motifs is 1. The molecule has 0 spiro atoms. The molecule has 0 unspecified atom stereocenters. The normalized spacial score (nSPS) is 12.0. The zero-order valence-electron chi connectivity index (χ0n) is 10.1. The van der Waals surface area contributed by atoms with Gasteiger partial charge in [-0.15, -0.1) is 0 Å². The molecule has 2 rings (SSSR count). The summed E-state index contributed by atoms with van der Waals surface area (Å²) in [5.41, 5.74) is 2.17. The van der Waals surface area contributed by atoms with Crippen LogP contribution in [0, 0.1) is 6.92 Å². The van der Waals surface area contributed by atoms with Gasteiger partial charge in [-0.1, -0.05) is 39.0 Å². The van der Waals surface area contributed by atoms with Crippen molar-refractivity contribution >= 4 is 11.0 Å². The van der Waals surface area contributed by atoms with E-state index in [1.165, 1.54) is 0 Å². The number of aryl methyl sites for hydroxylation is 1. The highest BCUT2D eigenvalue weighted by atomic mass is 16.4. The minimum absolute atomic E-state index is 0.0231. The fourth-order valence-electron chi connectivity index (χ4n) is 1.84. The molecule has 0 saturated carbocycles.